The Labute approximate surface area is 238 Å². The number of hydrogen-bond donors (Lipinski definition) is 0. The highest BCUT2D eigenvalue weighted by atomic mass is 28.4. The minimum atomic E-state index is -2.26. The summed E-state index contributed by atoms with van der Waals surface area (Å²) in [5.74, 6) is 0.116. The summed E-state index contributed by atoms with van der Waals surface area (Å²) in [4.78, 5) is 13.4. The molecular formula is C33H42O6Si. The first-order valence-corrected chi connectivity index (χ1v) is 17.5. The molecule has 2 fully saturated rings. The number of hydrogen-bond acceptors (Lipinski definition) is 6. The van der Waals surface area contributed by atoms with Crippen LogP contribution in [0.3, 0.4) is 0 Å². The van der Waals surface area contributed by atoms with Gasteiger partial charge in [-0.05, 0) is 66.9 Å². The summed E-state index contributed by atoms with van der Waals surface area (Å²) in [6.07, 6.45) is 5.24. The molecule has 214 valence electrons. The van der Waals surface area contributed by atoms with Gasteiger partial charge in [0.05, 0.1) is 13.2 Å². The van der Waals surface area contributed by atoms with Crippen LogP contribution in [0.4, 0.5) is 0 Å². The van der Waals surface area contributed by atoms with Crippen molar-refractivity contribution >= 4 is 25.3 Å². The third-order valence-electron chi connectivity index (χ3n) is 10.4. The van der Waals surface area contributed by atoms with Gasteiger partial charge in [0.15, 0.2) is 17.1 Å². The lowest BCUT2D eigenvalue weighted by molar-refractivity contribution is -0.222. The summed E-state index contributed by atoms with van der Waals surface area (Å²) < 4.78 is 31.9. The number of rotatable bonds is 5. The van der Waals surface area contributed by atoms with Crippen molar-refractivity contribution < 1.29 is 27.8 Å². The highest BCUT2D eigenvalue weighted by Crippen LogP contribution is 2.65. The van der Waals surface area contributed by atoms with E-state index in [1.165, 1.54) is 11.1 Å². The average molecular weight is 563 g/mol. The first-order valence-electron chi connectivity index (χ1n) is 14.6. The second-order valence-electron chi connectivity index (χ2n) is 13.6. The van der Waals surface area contributed by atoms with Crippen molar-refractivity contribution in [3.05, 3.63) is 64.4 Å². The lowest BCUT2D eigenvalue weighted by atomic mass is 9.63. The lowest BCUT2D eigenvalue weighted by Crippen LogP contribution is -2.48. The largest absolute Gasteiger partial charge is 0.541 e. The second kappa shape index (κ2) is 9.46. The Bertz CT molecular complexity index is 1440. The summed E-state index contributed by atoms with van der Waals surface area (Å²) in [6.45, 7) is 17.3. The van der Waals surface area contributed by atoms with E-state index >= 15 is 0 Å². The molecule has 2 heterocycles. The Hall–Kier alpha value is -2.61. The van der Waals surface area contributed by atoms with Gasteiger partial charge < -0.3 is 23.1 Å². The molecule has 3 aromatic rings. The molecule has 1 saturated heterocycles. The molecule has 2 aliphatic carbocycles. The van der Waals surface area contributed by atoms with Crippen LogP contribution in [0, 0.1) is 12.3 Å². The summed E-state index contributed by atoms with van der Waals surface area (Å²) in [7, 11) is -2.26. The lowest BCUT2D eigenvalue weighted by Gasteiger charge is -2.47. The molecule has 2 atom stereocenters. The van der Waals surface area contributed by atoms with Gasteiger partial charge in [0, 0.05) is 22.8 Å². The van der Waals surface area contributed by atoms with E-state index < -0.39 is 14.1 Å². The van der Waals surface area contributed by atoms with Gasteiger partial charge in [-0.25, -0.2) is 4.79 Å². The zero-order valence-corrected chi connectivity index (χ0v) is 25.9. The van der Waals surface area contributed by atoms with Crippen molar-refractivity contribution in [1.29, 1.82) is 0 Å². The highest BCUT2D eigenvalue weighted by Gasteiger charge is 2.63. The zero-order valence-electron chi connectivity index (χ0n) is 24.9. The average Bonchev–Trinajstić information content (AvgIpc) is 3.64. The first-order chi connectivity index (χ1) is 18.9. The van der Waals surface area contributed by atoms with Crippen molar-refractivity contribution in [3.63, 3.8) is 0 Å². The topological polar surface area (TPSA) is 67.1 Å². The van der Waals surface area contributed by atoms with Crippen LogP contribution >= 0.6 is 0 Å². The van der Waals surface area contributed by atoms with Crippen molar-refractivity contribution in [1.82, 2.24) is 0 Å². The van der Waals surface area contributed by atoms with Crippen molar-refractivity contribution in [3.8, 4) is 5.75 Å². The van der Waals surface area contributed by atoms with E-state index in [2.05, 4.69) is 47.7 Å². The third-order valence-corrected chi connectivity index (χ3v) is 14.7. The van der Waals surface area contributed by atoms with Crippen molar-refractivity contribution in [2.75, 3.05) is 13.2 Å². The molecule has 40 heavy (non-hydrogen) atoms. The van der Waals surface area contributed by atoms with E-state index in [-0.39, 0.29) is 28.9 Å². The number of furan rings is 1. The van der Waals surface area contributed by atoms with Gasteiger partial charge in [0.1, 0.15) is 18.4 Å². The number of carbonyl (C=O) groups is 1. The molecule has 7 heteroatoms. The van der Waals surface area contributed by atoms with Gasteiger partial charge in [0.25, 0.3) is 8.32 Å². The van der Waals surface area contributed by atoms with Gasteiger partial charge >= 0.3 is 5.97 Å². The monoisotopic (exact) mass is 562 g/mol. The molecule has 1 aliphatic heterocycles. The fourth-order valence-corrected chi connectivity index (χ4v) is 8.03. The molecule has 1 aromatic heterocycles. The van der Waals surface area contributed by atoms with Crippen LogP contribution in [-0.4, -0.2) is 33.3 Å². The minimum Gasteiger partial charge on any atom is -0.541 e. The second-order valence-corrected chi connectivity index (χ2v) is 18.3. The van der Waals surface area contributed by atoms with Gasteiger partial charge in [0.2, 0.25) is 0 Å². The van der Waals surface area contributed by atoms with Gasteiger partial charge in [-0.1, -0.05) is 58.0 Å². The summed E-state index contributed by atoms with van der Waals surface area (Å²) in [5, 5.41) is 0.809. The molecule has 1 unspecified atom stereocenters. The van der Waals surface area contributed by atoms with Crippen LogP contribution in [0.25, 0.3) is 11.0 Å². The summed E-state index contributed by atoms with van der Waals surface area (Å²) in [5.41, 5.74) is 5.51. The Morgan fingerprint density at radius 2 is 1.80 bits per heavy atom. The van der Waals surface area contributed by atoms with Gasteiger partial charge in [-0.15, -0.1) is 0 Å². The summed E-state index contributed by atoms with van der Waals surface area (Å²) >= 11 is 0. The van der Waals surface area contributed by atoms with Crippen LogP contribution in [-0.2, 0) is 27.2 Å². The highest BCUT2D eigenvalue weighted by molar-refractivity contribution is 6.74. The van der Waals surface area contributed by atoms with E-state index in [0.29, 0.717) is 24.4 Å². The molecule has 2 aromatic carbocycles. The molecule has 1 spiro atoms. The molecular weight excluding hydrogens is 520 g/mol. The van der Waals surface area contributed by atoms with Crippen LogP contribution in [0.1, 0.15) is 85.5 Å². The van der Waals surface area contributed by atoms with Crippen LogP contribution in [0.2, 0.25) is 18.1 Å². The standard InChI is InChI=1S/C33H42O6Si/c1-21-23-13-15-32(5)25(14-16-33(32)37-17-18-38-33)27(23)29(39-40(6,7)31(2,3)4)28-26(21)24(20-35-28)30(34)36-19-22-11-9-8-10-12-22/h8-12,20,25H,13-19H2,1-7H3/t25-,32?/m0/s1. The maximum atomic E-state index is 13.4. The number of ether oxygens (including phenoxy) is 3. The van der Waals surface area contributed by atoms with E-state index in [1.54, 1.807) is 6.26 Å². The Balaban J connectivity index is 1.49. The molecule has 0 N–H and O–H groups in total. The predicted molar refractivity (Wildman–Crippen MR) is 157 cm³/mol. The fourth-order valence-electron chi connectivity index (χ4n) is 7.01. The smallest absolute Gasteiger partial charge is 0.342 e. The molecule has 3 aliphatic rings. The first kappa shape index (κ1) is 27.6. The summed E-state index contributed by atoms with van der Waals surface area (Å²) in [6, 6.07) is 9.75. The fraction of sp³-hybridized carbons (Fsp3) is 0.545. The Kier molecular flexibility index (Phi) is 6.52. The number of fused-ring (bicyclic) bond motifs is 5. The van der Waals surface area contributed by atoms with Gasteiger partial charge in [-0.3, -0.25) is 0 Å². The molecule has 0 bridgehead atoms. The van der Waals surface area contributed by atoms with Gasteiger partial charge in [-0.2, -0.15) is 0 Å². The number of benzene rings is 2. The maximum absolute atomic E-state index is 13.4. The van der Waals surface area contributed by atoms with Crippen molar-refractivity contribution in [2.24, 2.45) is 5.41 Å². The van der Waals surface area contributed by atoms with E-state index in [4.69, 9.17) is 23.1 Å². The Morgan fingerprint density at radius 1 is 1.10 bits per heavy atom. The van der Waals surface area contributed by atoms with Crippen LogP contribution in [0.5, 0.6) is 5.75 Å². The van der Waals surface area contributed by atoms with E-state index in [0.717, 1.165) is 47.9 Å². The van der Waals surface area contributed by atoms with Crippen LogP contribution in [0.15, 0.2) is 41.0 Å². The Morgan fingerprint density at radius 3 is 2.48 bits per heavy atom. The minimum absolute atomic E-state index is 0.00628. The molecule has 0 amide bonds. The predicted octanol–water partition coefficient (Wildman–Crippen LogP) is 8.06. The SMILES string of the molecule is Cc1c2c(c(O[Si](C)(C)C(C)(C)C)c3occ(C(=O)OCc4ccccc4)c13)[C@@H]1CCC3(OCCO3)C1(C)CC2. The molecule has 1 saturated carbocycles. The van der Waals surface area contributed by atoms with Crippen molar-refractivity contribution in [2.45, 2.75) is 96.7 Å². The number of esters is 1. The number of carbonyl (C=O) groups excluding carboxylic acids is 1. The van der Waals surface area contributed by atoms with Crippen LogP contribution < -0.4 is 4.43 Å². The zero-order chi connectivity index (χ0) is 28.5. The molecule has 6 nitrogen and oxygen atoms in total. The molecule has 0 radical (unpaired) electrons. The third kappa shape index (κ3) is 4.07. The normalized spacial score (nSPS) is 23.8. The molecule has 6 rings (SSSR count). The maximum Gasteiger partial charge on any atom is 0.342 e. The quantitative estimate of drug-likeness (QED) is 0.231. The van der Waals surface area contributed by atoms with E-state index in [1.807, 2.05) is 30.3 Å². The van der Waals surface area contributed by atoms with E-state index in [9.17, 15) is 4.79 Å². The number of aryl methyl sites for hydroxylation is 1.